The van der Waals surface area contributed by atoms with E-state index in [0.717, 1.165) is 4.90 Å². The number of rotatable bonds is 6. The standard InChI is InChI=1S/C20H15ClN2O6/c1-3-6-29-17-15(21)9-12(10-16(17)27-2)8-14-18(24)22-20(26)23(19(14)25)11-13-5-4-7-28-13/h1,4-5,7-10H,6,11H2,2H3,(H,22,24,26). The number of furan rings is 1. The number of urea groups is 1. The van der Waals surface area contributed by atoms with E-state index in [1.807, 2.05) is 0 Å². The lowest BCUT2D eigenvalue weighted by Crippen LogP contribution is -2.53. The number of nitrogens with zero attached hydrogens (tertiary/aromatic N) is 1. The molecular weight excluding hydrogens is 400 g/mol. The van der Waals surface area contributed by atoms with E-state index in [1.165, 1.54) is 31.6 Å². The molecule has 0 bridgehead atoms. The summed E-state index contributed by atoms with van der Waals surface area (Å²) in [4.78, 5) is 37.9. The molecule has 1 aromatic heterocycles. The van der Waals surface area contributed by atoms with E-state index in [0.29, 0.717) is 11.3 Å². The molecule has 29 heavy (non-hydrogen) atoms. The molecule has 1 fully saturated rings. The van der Waals surface area contributed by atoms with E-state index >= 15 is 0 Å². The van der Waals surface area contributed by atoms with Crippen molar-refractivity contribution in [3.05, 3.63) is 52.4 Å². The lowest BCUT2D eigenvalue weighted by Gasteiger charge is -2.25. The number of carbonyl (C=O) groups is 3. The summed E-state index contributed by atoms with van der Waals surface area (Å²) in [5, 5.41) is 2.31. The molecule has 1 aromatic carbocycles. The van der Waals surface area contributed by atoms with Crippen molar-refractivity contribution in [3.8, 4) is 23.8 Å². The number of hydrogen-bond acceptors (Lipinski definition) is 6. The third kappa shape index (κ3) is 4.25. The van der Waals surface area contributed by atoms with E-state index in [1.54, 1.807) is 12.1 Å². The molecule has 4 amide bonds. The number of hydrogen-bond donors (Lipinski definition) is 1. The number of nitrogens with one attached hydrogen (secondary N) is 1. The molecule has 0 unspecified atom stereocenters. The summed E-state index contributed by atoms with van der Waals surface area (Å²) in [6.45, 7) is -0.132. The van der Waals surface area contributed by atoms with Gasteiger partial charge in [-0.2, -0.15) is 0 Å². The van der Waals surface area contributed by atoms with Gasteiger partial charge in [0.25, 0.3) is 11.8 Å². The van der Waals surface area contributed by atoms with E-state index in [9.17, 15) is 14.4 Å². The van der Waals surface area contributed by atoms with Crippen molar-refractivity contribution in [1.82, 2.24) is 10.2 Å². The maximum Gasteiger partial charge on any atom is 0.331 e. The number of benzene rings is 1. The zero-order chi connectivity index (χ0) is 21.0. The second-order valence-corrected chi connectivity index (χ2v) is 6.22. The van der Waals surface area contributed by atoms with Crippen molar-refractivity contribution in [1.29, 1.82) is 0 Å². The Morgan fingerprint density at radius 2 is 2.14 bits per heavy atom. The molecule has 2 heterocycles. The highest BCUT2D eigenvalue weighted by Crippen LogP contribution is 2.37. The zero-order valence-electron chi connectivity index (χ0n) is 15.2. The number of terminal acetylenes is 1. The van der Waals surface area contributed by atoms with Crippen LogP contribution in [0.2, 0.25) is 5.02 Å². The van der Waals surface area contributed by atoms with Gasteiger partial charge in [0.05, 0.1) is 24.9 Å². The van der Waals surface area contributed by atoms with Gasteiger partial charge in [0.1, 0.15) is 17.9 Å². The Labute approximate surface area is 171 Å². The summed E-state index contributed by atoms with van der Waals surface area (Å²) >= 11 is 6.22. The quantitative estimate of drug-likeness (QED) is 0.443. The van der Waals surface area contributed by atoms with Crippen molar-refractivity contribution in [2.45, 2.75) is 6.54 Å². The summed E-state index contributed by atoms with van der Waals surface area (Å²) < 4.78 is 15.8. The molecule has 0 aliphatic carbocycles. The van der Waals surface area contributed by atoms with Crippen LogP contribution in [0.15, 0.2) is 40.5 Å². The smallest absolute Gasteiger partial charge is 0.331 e. The maximum atomic E-state index is 12.7. The van der Waals surface area contributed by atoms with Crippen LogP contribution in [-0.2, 0) is 16.1 Å². The minimum Gasteiger partial charge on any atom is -0.493 e. The second-order valence-electron chi connectivity index (χ2n) is 5.81. The molecule has 1 aliphatic rings. The lowest BCUT2D eigenvalue weighted by atomic mass is 10.1. The lowest BCUT2D eigenvalue weighted by molar-refractivity contribution is -0.130. The number of barbiturate groups is 1. The summed E-state index contributed by atoms with van der Waals surface area (Å²) in [5.74, 6) is 1.64. The van der Waals surface area contributed by atoms with Crippen LogP contribution in [0.25, 0.3) is 6.08 Å². The van der Waals surface area contributed by atoms with Crippen molar-refractivity contribution in [2.24, 2.45) is 0 Å². The fraction of sp³-hybridized carbons (Fsp3) is 0.150. The largest absolute Gasteiger partial charge is 0.493 e. The van der Waals surface area contributed by atoms with Crippen LogP contribution in [0.1, 0.15) is 11.3 Å². The molecule has 1 saturated heterocycles. The van der Waals surface area contributed by atoms with Gasteiger partial charge in [-0.25, -0.2) is 4.79 Å². The first-order chi connectivity index (χ1) is 13.9. The van der Waals surface area contributed by atoms with Gasteiger partial charge in [0, 0.05) is 0 Å². The van der Waals surface area contributed by atoms with E-state index < -0.39 is 17.8 Å². The highest BCUT2D eigenvalue weighted by Gasteiger charge is 2.36. The fourth-order valence-electron chi connectivity index (χ4n) is 2.64. The van der Waals surface area contributed by atoms with Crippen LogP contribution >= 0.6 is 11.6 Å². The minimum atomic E-state index is -0.831. The molecule has 1 aliphatic heterocycles. The number of carbonyl (C=O) groups excluding carboxylic acids is 3. The SMILES string of the molecule is C#CCOc1c(Cl)cc(C=C2C(=O)NC(=O)N(Cc3ccco3)C2=O)cc1OC. The number of ether oxygens (including phenoxy) is 2. The van der Waals surface area contributed by atoms with Gasteiger partial charge in [-0.05, 0) is 35.9 Å². The van der Waals surface area contributed by atoms with E-state index in [2.05, 4.69) is 11.2 Å². The molecule has 2 aromatic rings. The van der Waals surface area contributed by atoms with Crippen molar-refractivity contribution in [2.75, 3.05) is 13.7 Å². The summed E-state index contributed by atoms with van der Waals surface area (Å²) in [6.07, 6.45) is 7.91. The van der Waals surface area contributed by atoms with E-state index in [-0.39, 0.29) is 35.2 Å². The highest BCUT2D eigenvalue weighted by molar-refractivity contribution is 6.33. The molecule has 8 nitrogen and oxygen atoms in total. The molecule has 0 spiro atoms. The summed E-state index contributed by atoms with van der Waals surface area (Å²) in [6, 6.07) is 5.42. The predicted octanol–water partition coefficient (Wildman–Crippen LogP) is 2.62. The Morgan fingerprint density at radius 3 is 2.79 bits per heavy atom. The molecule has 0 radical (unpaired) electrons. The molecule has 148 valence electrons. The monoisotopic (exact) mass is 414 g/mol. The Hall–Kier alpha value is -3.70. The Balaban J connectivity index is 1.94. The first kappa shape index (κ1) is 20.0. The van der Waals surface area contributed by atoms with Crippen LogP contribution in [-0.4, -0.2) is 36.5 Å². The molecule has 3 rings (SSSR count). The number of imide groups is 2. The maximum absolute atomic E-state index is 12.7. The first-order valence-corrected chi connectivity index (χ1v) is 8.67. The number of methoxy groups -OCH3 is 1. The van der Waals surface area contributed by atoms with Gasteiger partial charge in [-0.15, -0.1) is 6.42 Å². The minimum absolute atomic E-state index is 0.0126. The number of amides is 4. The van der Waals surface area contributed by atoms with Gasteiger partial charge in [0.15, 0.2) is 11.5 Å². The Kier molecular flexibility index (Phi) is 5.90. The van der Waals surface area contributed by atoms with Crippen molar-refractivity contribution in [3.63, 3.8) is 0 Å². The van der Waals surface area contributed by atoms with Crippen LogP contribution < -0.4 is 14.8 Å². The summed E-state index contributed by atoms with van der Waals surface area (Å²) in [7, 11) is 1.41. The van der Waals surface area contributed by atoms with Crippen molar-refractivity contribution < 1.29 is 28.3 Å². The van der Waals surface area contributed by atoms with Gasteiger partial charge < -0.3 is 13.9 Å². The average Bonchev–Trinajstić information content (AvgIpc) is 3.20. The van der Waals surface area contributed by atoms with Crippen LogP contribution in [0.5, 0.6) is 11.5 Å². The molecule has 0 saturated carbocycles. The van der Waals surface area contributed by atoms with Crippen LogP contribution in [0.4, 0.5) is 4.79 Å². The zero-order valence-corrected chi connectivity index (χ0v) is 16.0. The molecule has 1 N–H and O–H groups in total. The second kappa shape index (κ2) is 8.54. The van der Waals surface area contributed by atoms with E-state index in [4.69, 9.17) is 31.9 Å². The fourth-order valence-corrected chi connectivity index (χ4v) is 2.91. The Morgan fingerprint density at radius 1 is 1.34 bits per heavy atom. The third-order valence-electron chi connectivity index (χ3n) is 3.94. The predicted molar refractivity (Wildman–Crippen MR) is 103 cm³/mol. The molecular formula is C20H15ClN2O6. The highest BCUT2D eigenvalue weighted by atomic mass is 35.5. The van der Waals surface area contributed by atoms with Gasteiger partial charge >= 0.3 is 6.03 Å². The normalized spacial score (nSPS) is 15.3. The summed E-state index contributed by atoms with van der Waals surface area (Å²) in [5.41, 5.74) is 0.150. The van der Waals surface area contributed by atoms with Crippen LogP contribution in [0.3, 0.4) is 0 Å². The van der Waals surface area contributed by atoms with Gasteiger partial charge in [0.2, 0.25) is 0 Å². The third-order valence-corrected chi connectivity index (χ3v) is 4.22. The average molecular weight is 415 g/mol. The first-order valence-electron chi connectivity index (χ1n) is 8.29. The Bertz CT molecular complexity index is 1040. The van der Waals surface area contributed by atoms with Gasteiger partial charge in [-0.1, -0.05) is 17.5 Å². The topological polar surface area (TPSA) is 98.1 Å². The van der Waals surface area contributed by atoms with Gasteiger partial charge in [-0.3, -0.25) is 19.8 Å². The molecule has 0 atom stereocenters. The van der Waals surface area contributed by atoms with Crippen molar-refractivity contribution >= 4 is 35.5 Å². The molecule has 9 heteroatoms. The number of halogens is 1. The van der Waals surface area contributed by atoms with Crippen LogP contribution in [0, 0.1) is 12.3 Å².